The maximum absolute atomic E-state index is 12.5. The maximum Gasteiger partial charge on any atom is 0.228 e. The minimum absolute atomic E-state index is 0.0806. The van der Waals surface area contributed by atoms with Gasteiger partial charge in [-0.2, -0.15) is 10.2 Å². The van der Waals surface area contributed by atoms with Gasteiger partial charge in [0.2, 0.25) is 5.91 Å². The van der Waals surface area contributed by atoms with E-state index in [-0.39, 0.29) is 11.9 Å². The molecule has 5 heterocycles. The Bertz CT molecular complexity index is 1010. The Morgan fingerprint density at radius 2 is 2.22 bits per heavy atom. The number of aromatic nitrogens is 5. The smallest absolute Gasteiger partial charge is 0.228 e. The number of ether oxygens (including phenoxy) is 1. The van der Waals surface area contributed by atoms with E-state index in [1.165, 1.54) is 0 Å². The van der Waals surface area contributed by atoms with Crippen LogP contribution >= 0.6 is 0 Å². The molecule has 0 spiro atoms. The molecule has 0 saturated carbocycles. The van der Waals surface area contributed by atoms with Crippen LogP contribution in [0.3, 0.4) is 0 Å². The lowest BCUT2D eigenvalue weighted by Gasteiger charge is -2.34. The van der Waals surface area contributed by atoms with Crippen LogP contribution in [0.5, 0.6) is 0 Å². The molecule has 1 amide bonds. The van der Waals surface area contributed by atoms with Gasteiger partial charge in [0.25, 0.3) is 0 Å². The zero-order valence-electron chi connectivity index (χ0n) is 15.3. The van der Waals surface area contributed by atoms with E-state index in [0.717, 1.165) is 40.5 Å². The second kappa shape index (κ2) is 6.05. The van der Waals surface area contributed by atoms with Gasteiger partial charge in [0, 0.05) is 32.3 Å². The standard InChI is InChI=1S/C18H21N7O2/c1-11-10-27-8-7-24(11)14-9-13-18-17(20-14)16(12-3-5-19-21-12)22-25(18)6-4-15(26)23(13)2/h3,5,9,11H,4,6-8,10H2,1-2H3,(H,19,21)/t11-/m1/s1. The summed E-state index contributed by atoms with van der Waals surface area (Å²) in [5, 5.41) is 11.8. The van der Waals surface area contributed by atoms with Gasteiger partial charge in [-0.25, -0.2) is 4.98 Å². The molecule has 3 aromatic rings. The fraction of sp³-hybridized carbons (Fsp3) is 0.444. The van der Waals surface area contributed by atoms with Gasteiger partial charge in [-0.1, -0.05) is 0 Å². The number of nitrogens with one attached hydrogen (secondary N) is 1. The number of hydrogen-bond donors (Lipinski definition) is 1. The van der Waals surface area contributed by atoms with E-state index in [9.17, 15) is 4.79 Å². The number of pyridine rings is 1. The highest BCUT2D eigenvalue weighted by molar-refractivity contribution is 6.06. The molecule has 9 heteroatoms. The van der Waals surface area contributed by atoms with Gasteiger partial charge in [-0.15, -0.1) is 0 Å². The first-order chi connectivity index (χ1) is 13.1. The van der Waals surface area contributed by atoms with Crippen molar-refractivity contribution < 1.29 is 9.53 Å². The molecular formula is C18H21N7O2. The molecule has 27 heavy (non-hydrogen) atoms. The van der Waals surface area contributed by atoms with Gasteiger partial charge in [0.15, 0.2) is 0 Å². The van der Waals surface area contributed by atoms with Crippen molar-refractivity contribution in [3.05, 3.63) is 18.3 Å². The second-order valence-corrected chi connectivity index (χ2v) is 7.06. The molecule has 5 rings (SSSR count). The molecule has 1 N–H and O–H groups in total. The highest BCUT2D eigenvalue weighted by Gasteiger charge is 2.29. The number of hydrogen-bond acceptors (Lipinski definition) is 6. The van der Waals surface area contributed by atoms with Crippen molar-refractivity contribution in [3.8, 4) is 11.4 Å². The molecule has 140 valence electrons. The molecule has 3 aromatic heterocycles. The van der Waals surface area contributed by atoms with E-state index in [0.29, 0.717) is 26.2 Å². The summed E-state index contributed by atoms with van der Waals surface area (Å²) in [4.78, 5) is 21.4. The Labute approximate surface area is 155 Å². The molecule has 0 aromatic carbocycles. The van der Waals surface area contributed by atoms with Crippen LogP contribution in [0.15, 0.2) is 18.3 Å². The Hall–Kier alpha value is -2.94. The number of morpholine rings is 1. The third-order valence-electron chi connectivity index (χ3n) is 5.35. The van der Waals surface area contributed by atoms with Gasteiger partial charge in [0.1, 0.15) is 22.5 Å². The molecule has 1 atom stereocenters. The zero-order valence-corrected chi connectivity index (χ0v) is 15.3. The highest BCUT2D eigenvalue weighted by Crippen LogP contribution is 2.37. The first-order valence-corrected chi connectivity index (χ1v) is 9.15. The monoisotopic (exact) mass is 367 g/mol. The predicted octanol–water partition coefficient (Wildman–Crippen LogP) is 1.41. The molecule has 2 aliphatic rings. The van der Waals surface area contributed by atoms with E-state index >= 15 is 0 Å². The van der Waals surface area contributed by atoms with E-state index in [1.54, 1.807) is 11.1 Å². The van der Waals surface area contributed by atoms with Crippen molar-refractivity contribution in [3.63, 3.8) is 0 Å². The van der Waals surface area contributed by atoms with Crippen LogP contribution in [0, 0.1) is 0 Å². The fourth-order valence-electron chi connectivity index (χ4n) is 3.85. The fourth-order valence-corrected chi connectivity index (χ4v) is 3.85. The Morgan fingerprint density at radius 1 is 1.33 bits per heavy atom. The maximum atomic E-state index is 12.5. The van der Waals surface area contributed by atoms with E-state index in [2.05, 4.69) is 22.0 Å². The Balaban J connectivity index is 1.77. The SMILES string of the molecule is C[C@@H]1COCCN1c1cc2c3c(n1)c(-c1ccn[nH]1)nn3CCC(=O)N2C. The minimum atomic E-state index is 0.0806. The molecular weight excluding hydrogens is 346 g/mol. The van der Waals surface area contributed by atoms with E-state index < -0.39 is 0 Å². The summed E-state index contributed by atoms with van der Waals surface area (Å²) < 4.78 is 7.46. The number of nitrogens with zero attached hydrogens (tertiary/aromatic N) is 6. The van der Waals surface area contributed by atoms with Crippen LogP contribution in [0.25, 0.3) is 22.4 Å². The molecule has 1 fully saturated rings. The Morgan fingerprint density at radius 3 is 3.00 bits per heavy atom. The van der Waals surface area contributed by atoms with Crippen LogP contribution in [0.2, 0.25) is 0 Å². The third kappa shape index (κ3) is 2.49. The van der Waals surface area contributed by atoms with E-state index in [4.69, 9.17) is 14.8 Å². The molecule has 0 unspecified atom stereocenters. The molecule has 2 aliphatic heterocycles. The summed E-state index contributed by atoms with van der Waals surface area (Å²) in [7, 11) is 1.82. The van der Waals surface area contributed by atoms with Crippen molar-refractivity contribution in [2.45, 2.75) is 25.9 Å². The summed E-state index contributed by atoms with van der Waals surface area (Å²) >= 11 is 0. The van der Waals surface area contributed by atoms with Crippen LogP contribution in [0.1, 0.15) is 13.3 Å². The number of carbonyl (C=O) groups is 1. The topological polar surface area (TPSA) is 92.2 Å². The number of rotatable bonds is 2. The molecule has 0 bridgehead atoms. The minimum Gasteiger partial charge on any atom is -0.377 e. The average Bonchev–Trinajstić information content (AvgIpc) is 3.30. The van der Waals surface area contributed by atoms with Crippen molar-refractivity contribution >= 4 is 28.4 Å². The molecule has 9 nitrogen and oxygen atoms in total. The largest absolute Gasteiger partial charge is 0.377 e. The third-order valence-corrected chi connectivity index (χ3v) is 5.35. The number of anilines is 2. The van der Waals surface area contributed by atoms with Crippen LogP contribution in [-0.4, -0.2) is 63.7 Å². The van der Waals surface area contributed by atoms with Gasteiger partial charge < -0.3 is 14.5 Å². The molecule has 0 aliphatic carbocycles. The predicted molar refractivity (Wildman–Crippen MR) is 101 cm³/mol. The number of aryl methyl sites for hydroxylation is 1. The summed E-state index contributed by atoms with van der Waals surface area (Å²) in [6.07, 6.45) is 2.12. The molecule has 0 radical (unpaired) electrons. The van der Waals surface area contributed by atoms with Crippen molar-refractivity contribution in [1.82, 2.24) is 25.0 Å². The first-order valence-electron chi connectivity index (χ1n) is 9.15. The quantitative estimate of drug-likeness (QED) is 0.736. The van der Waals surface area contributed by atoms with Gasteiger partial charge in [-0.05, 0) is 13.0 Å². The van der Waals surface area contributed by atoms with E-state index in [1.807, 2.05) is 23.9 Å². The normalized spacial score (nSPS) is 20.4. The van der Waals surface area contributed by atoms with Gasteiger partial charge in [0.05, 0.1) is 37.2 Å². The number of H-pyrrole nitrogens is 1. The van der Waals surface area contributed by atoms with Crippen molar-refractivity contribution in [2.24, 2.45) is 0 Å². The lowest BCUT2D eigenvalue weighted by molar-refractivity contribution is -0.118. The number of amides is 1. The van der Waals surface area contributed by atoms with Gasteiger partial charge in [-0.3, -0.25) is 14.6 Å². The van der Waals surface area contributed by atoms with Crippen LogP contribution in [0.4, 0.5) is 11.5 Å². The first kappa shape index (κ1) is 16.2. The van der Waals surface area contributed by atoms with Crippen LogP contribution < -0.4 is 9.80 Å². The van der Waals surface area contributed by atoms with Gasteiger partial charge >= 0.3 is 0 Å². The van der Waals surface area contributed by atoms with Crippen LogP contribution in [-0.2, 0) is 16.1 Å². The Kier molecular flexibility index (Phi) is 3.64. The lowest BCUT2D eigenvalue weighted by Crippen LogP contribution is -2.44. The van der Waals surface area contributed by atoms with Crippen molar-refractivity contribution in [1.29, 1.82) is 0 Å². The summed E-state index contributed by atoms with van der Waals surface area (Å²) in [6, 6.07) is 4.11. The summed E-state index contributed by atoms with van der Waals surface area (Å²) in [5.74, 6) is 0.923. The summed E-state index contributed by atoms with van der Waals surface area (Å²) in [6.45, 7) is 4.76. The average molecular weight is 367 g/mol. The summed E-state index contributed by atoms with van der Waals surface area (Å²) in [5.41, 5.74) is 4.09. The number of carbonyl (C=O) groups excluding carboxylic acids is 1. The second-order valence-electron chi connectivity index (χ2n) is 7.06. The lowest BCUT2D eigenvalue weighted by atomic mass is 10.2. The molecule has 1 saturated heterocycles. The highest BCUT2D eigenvalue weighted by atomic mass is 16.5. The zero-order chi connectivity index (χ0) is 18.5. The van der Waals surface area contributed by atoms with Crippen molar-refractivity contribution in [2.75, 3.05) is 36.6 Å². The number of aromatic amines is 1.